The van der Waals surface area contributed by atoms with E-state index in [1.165, 1.54) is 4.31 Å². The molecule has 0 aliphatic carbocycles. The lowest BCUT2D eigenvalue weighted by Gasteiger charge is -2.26. The van der Waals surface area contributed by atoms with E-state index in [1.54, 1.807) is 23.1 Å². The van der Waals surface area contributed by atoms with E-state index < -0.39 is 10.0 Å². The maximum absolute atomic E-state index is 12.5. The summed E-state index contributed by atoms with van der Waals surface area (Å²) in [6.07, 6.45) is 2.80. The fraction of sp³-hybridized carbons (Fsp3) is 0.588. The Balaban J connectivity index is 2.12. The molecule has 1 aromatic carbocycles. The van der Waals surface area contributed by atoms with E-state index in [0.29, 0.717) is 24.6 Å². The molecule has 0 N–H and O–H groups in total. The van der Waals surface area contributed by atoms with Crippen LogP contribution in [-0.2, 0) is 21.4 Å². The third-order valence-corrected chi connectivity index (χ3v) is 5.11. The van der Waals surface area contributed by atoms with Gasteiger partial charge in [-0.05, 0) is 30.5 Å². The van der Waals surface area contributed by atoms with Gasteiger partial charge >= 0.3 is 0 Å². The Labute approximate surface area is 149 Å². The highest BCUT2D eigenvalue weighted by Gasteiger charge is 2.24. The van der Waals surface area contributed by atoms with E-state index in [9.17, 15) is 13.2 Å². The number of sulfonamides is 1. The predicted octanol–water partition coefficient (Wildman–Crippen LogP) is 1.83. The monoisotopic (exact) mass is 370 g/mol. The number of amides is 1. The molecule has 0 aromatic heterocycles. The number of hydrogen-bond acceptors (Lipinski definition) is 5. The molecule has 1 amide bonds. The van der Waals surface area contributed by atoms with Crippen molar-refractivity contribution in [1.82, 2.24) is 9.21 Å². The number of rotatable bonds is 9. The summed E-state index contributed by atoms with van der Waals surface area (Å²) >= 11 is 0. The minimum absolute atomic E-state index is 0.118. The highest BCUT2D eigenvalue weighted by atomic mass is 32.2. The van der Waals surface area contributed by atoms with Gasteiger partial charge in [0.05, 0.1) is 12.8 Å². The molecule has 0 saturated carbocycles. The van der Waals surface area contributed by atoms with Crippen molar-refractivity contribution in [1.29, 1.82) is 0 Å². The molecule has 140 valence electrons. The van der Waals surface area contributed by atoms with Gasteiger partial charge in [0.25, 0.3) is 0 Å². The summed E-state index contributed by atoms with van der Waals surface area (Å²) in [4.78, 5) is 14.3. The van der Waals surface area contributed by atoms with Crippen LogP contribution in [0, 0.1) is 0 Å². The number of hydrogen-bond donors (Lipinski definition) is 0. The van der Waals surface area contributed by atoms with Crippen molar-refractivity contribution in [2.24, 2.45) is 0 Å². The quantitative estimate of drug-likeness (QED) is 0.663. The average molecular weight is 370 g/mol. The molecule has 0 fully saturated rings. The second kappa shape index (κ2) is 8.53. The van der Waals surface area contributed by atoms with Crippen LogP contribution in [0.15, 0.2) is 18.2 Å². The first-order valence-corrected chi connectivity index (χ1v) is 10.3. The number of ether oxygens (including phenoxy) is 2. The molecule has 2 rings (SSSR count). The number of benzene rings is 1. The molecule has 0 unspecified atom stereocenters. The smallest absolute Gasteiger partial charge is 0.237 e. The van der Waals surface area contributed by atoms with Crippen LogP contribution in [0.1, 0.15) is 32.3 Å². The number of carbonyl (C=O) groups is 1. The highest BCUT2D eigenvalue weighted by molar-refractivity contribution is 7.88. The first-order chi connectivity index (χ1) is 11.8. The first kappa shape index (κ1) is 19.5. The summed E-state index contributed by atoms with van der Waals surface area (Å²) in [7, 11) is -3.52. The fourth-order valence-corrected chi connectivity index (χ4v) is 3.41. The molecule has 0 atom stereocenters. The van der Waals surface area contributed by atoms with Crippen LogP contribution in [0.3, 0.4) is 0 Å². The summed E-state index contributed by atoms with van der Waals surface area (Å²) in [6, 6.07) is 5.29. The minimum Gasteiger partial charge on any atom is -0.454 e. The van der Waals surface area contributed by atoms with E-state index in [0.717, 1.165) is 24.7 Å². The lowest BCUT2D eigenvalue weighted by atomic mass is 10.2. The Kier molecular flexibility index (Phi) is 6.66. The molecule has 0 saturated heterocycles. The van der Waals surface area contributed by atoms with Gasteiger partial charge in [0.2, 0.25) is 22.7 Å². The van der Waals surface area contributed by atoms with E-state index in [2.05, 4.69) is 0 Å². The van der Waals surface area contributed by atoms with Gasteiger partial charge in [-0.1, -0.05) is 19.9 Å². The van der Waals surface area contributed by atoms with Crippen molar-refractivity contribution in [3.05, 3.63) is 23.8 Å². The van der Waals surface area contributed by atoms with Gasteiger partial charge in [0.1, 0.15) is 0 Å². The molecule has 1 aliphatic heterocycles. The lowest BCUT2D eigenvalue weighted by molar-refractivity contribution is -0.131. The molecule has 0 bridgehead atoms. The van der Waals surface area contributed by atoms with Crippen LogP contribution in [0.4, 0.5) is 0 Å². The maximum atomic E-state index is 12.5. The largest absolute Gasteiger partial charge is 0.454 e. The predicted molar refractivity (Wildman–Crippen MR) is 95.0 cm³/mol. The third-order valence-electron chi connectivity index (χ3n) is 3.92. The fourth-order valence-electron chi connectivity index (χ4n) is 2.69. The van der Waals surface area contributed by atoms with Crippen molar-refractivity contribution in [3.8, 4) is 11.5 Å². The Morgan fingerprint density at radius 2 is 1.76 bits per heavy atom. The molecule has 1 heterocycles. The first-order valence-electron chi connectivity index (χ1n) is 8.46. The summed E-state index contributed by atoms with van der Waals surface area (Å²) in [5.41, 5.74) is 0.750. The van der Waals surface area contributed by atoms with Crippen LogP contribution in [0.25, 0.3) is 0 Å². The molecule has 1 aromatic rings. The highest BCUT2D eigenvalue weighted by Crippen LogP contribution is 2.32. The molecular formula is C17H26N2O5S. The molecule has 0 spiro atoms. The molecular weight excluding hydrogens is 344 g/mol. The zero-order chi connectivity index (χ0) is 18.4. The van der Waals surface area contributed by atoms with Gasteiger partial charge < -0.3 is 14.4 Å². The molecule has 25 heavy (non-hydrogen) atoms. The van der Waals surface area contributed by atoms with Crippen LogP contribution in [0.5, 0.6) is 11.5 Å². The second-order valence-electron chi connectivity index (χ2n) is 6.10. The number of nitrogens with zero attached hydrogens (tertiary/aromatic N) is 2. The van der Waals surface area contributed by atoms with Crippen LogP contribution in [-0.4, -0.2) is 56.2 Å². The topological polar surface area (TPSA) is 76.2 Å². The van der Waals surface area contributed by atoms with Gasteiger partial charge in [0, 0.05) is 19.6 Å². The zero-order valence-corrected chi connectivity index (χ0v) is 15.8. The summed E-state index contributed by atoms with van der Waals surface area (Å²) in [5, 5.41) is 0. The van der Waals surface area contributed by atoms with Gasteiger partial charge in [-0.3, -0.25) is 4.79 Å². The third kappa shape index (κ3) is 5.34. The molecule has 7 nitrogen and oxygen atoms in total. The normalized spacial score (nSPS) is 13.3. The second-order valence-corrected chi connectivity index (χ2v) is 8.08. The van der Waals surface area contributed by atoms with Crippen LogP contribution >= 0.6 is 0 Å². The Morgan fingerprint density at radius 1 is 1.12 bits per heavy atom. The van der Waals surface area contributed by atoms with Crippen molar-refractivity contribution >= 4 is 15.9 Å². The minimum atomic E-state index is -3.52. The summed E-state index contributed by atoms with van der Waals surface area (Å²) in [5.74, 6) is 1.06. The number of fused-ring (bicyclic) bond motifs is 1. The maximum Gasteiger partial charge on any atom is 0.237 e. The van der Waals surface area contributed by atoms with Crippen molar-refractivity contribution in [3.63, 3.8) is 0 Å². The van der Waals surface area contributed by atoms with Gasteiger partial charge in [-0.25, -0.2) is 8.42 Å². The van der Waals surface area contributed by atoms with Gasteiger partial charge in [0.15, 0.2) is 11.5 Å². The average Bonchev–Trinajstić information content (AvgIpc) is 3.00. The van der Waals surface area contributed by atoms with E-state index in [4.69, 9.17) is 9.47 Å². The lowest BCUT2D eigenvalue weighted by Crippen LogP contribution is -2.42. The van der Waals surface area contributed by atoms with Gasteiger partial charge in [-0.2, -0.15) is 4.31 Å². The summed E-state index contributed by atoms with van der Waals surface area (Å²) in [6.45, 7) is 5.38. The van der Waals surface area contributed by atoms with Crippen molar-refractivity contribution < 1.29 is 22.7 Å². The zero-order valence-electron chi connectivity index (χ0n) is 15.0. The molecule has 0 radical (unpaired) electrons. The van der Waals surface area contributed by atoms with Crippen molar-refractivity contribution in [2.45, 2.75) is 33.2 Å². The van der Waals surface area contributed by atoms with E-state index >= 15 is 0 Å². The summed E-state index contributed by atoms with van der Waals surface area (Å²) < 4.78 is 36.1. The Bertz CT molecular complexity index is 699. The van der Waals surface area contributed by atoms with Gasteiger partial charge in [-0.15, -0.1) is 0 Å². The van der Waals surface area contributed by atoms with E-state index in [1.807, 2.05) is 13.8 Å². The molecule has 8 heteroatoms. The van der Waals surface area contributed by atoms with Crippen molar-refractivity contribution in [2.75, 3.05) is 32.7 Å². The Hall–Kier alpha value is -1.80. The number of carbonyl (C=O) groups excluding carboxylic acids is 1. The standard InChI is InChI=1S/C17H26N2O5S/c1-4-8-18(9-5-2)17(20)12-19(25(3,21)22)11-14-6-7-15-16(10-14)24-13-23-15/h6-7,10H,4-5,8-9,11-13H2,1-3H3. The van der Waals surface area contributed by atoms with Crippen LogP contribution in [0.2, 0.25) is 0 Å². The van der Waals surface area contributed by atoms with Crippen LogP contribution < -0.4 is 9.47 Å². The Morgan fingerprint density at radius 3 is 2.36 bits per heavy atom. The molecule has 1 aliphatic rings. The van der Waals surface area contributed by atoms with E-state index in [-0.39, 0.29) is 25.8 Å². The SMILES string of the molecule is CCCN(CCC)C(=O)CN(Cc1ccc2c(c1)OCO2)S(C)(=O)=O.